The van der Waals surface area contributed by atoms with Gasteiger partial charge < -0.3 is 19.1 Å². The van der Waals surface area contributed by atoms with Crippen molar-refractivity contribution in [2.24, 2.45) is 0 Å². The molecule has 0 bridgehead atoms. The van der Waals surface area contributed by atoms with Crippen LogP contribution in [0.3, 0.4) is 0 Å². The number of halogens is 1. The maximum atomic E-state index is 13.9. The van der Waals surface area contributed by atoms with Crippen molar-refractivity contribution in [2.75, 3.05) is 40.5 Å². The van der Waals surface area contributed by atoms with Crippen LogP contribution in [0.25, 0.3) is 16.6 Å². The highest BCUT2D eigenvalue weighted by molar-refractivity contribution is 7.98. The lowest BCUT2D eigenvalue weighted by atomic mass is 10.1. The van der Waals surface area contributed by atoms with Crippen molar-refractivity contribution >= 4 is 40.2 Å². The minimum Gasteiger partial charge on any atom is -0.497 e. The molecule has 8 nitrogen and oxygen atoms in total. The van der Waals surface area contributed by atoms with Gasteiger partial charge in [0.1, 0.15) is 11.5 Å². The Morgan fingerprint density at radius 2 is 1.68 bits per heavy atom. The molecule has 0 atom stereocenters. The molecule has 0 spiro atoms. The van der Waals surface area contributed by atoms with E-state index in [0.29, 0.717) is 75.9 Å². The maximum Gasteiger partial charge on any atom is 0.266 e. The molecule has 0 unspecified atom stereocenters. The summed E-state index contributed by atoms with van der Waals surface area (Å²) in [5, 5.41) is 1.53. The molecule has 0 aliphatic carbocycles. The molecule has 38 heavy (non-hydrogen) atoms. The van der Waals surface area contributed by atoms with Crippen LogP contribution in [0.15, 0.2) is 70.6 Å². The van der Waals surface area contributed by atoms with Crippen LogP contribution in [0.2, 0.25) is 5.02 Å². The topological polar surface area (TPSA) is 82.9 Å². The second kappa shape index (κ2) is 11.5. The van der Waals surface area contributed by atoms with E-state index in [2.05, 4.69) is 0 Å². The number of morpholine rings is 1. The standard InChI is InChI=1S/C28H26ClN3O5S/c1-35-22-14-21(15-23(16-22)36-2)32-27(34)24-8-5-19(26(33)31-9-11-37-12-10-31)13-25(24)30-28(32)38-17-18-3-6-20(29)7-4-18/h3-8,13-16H,9-12,17H2,1-2H3. The van der Waals surface area contributed by atoms with Gasteiger partial charge in [0.2, 0.25) is 0 Å². The summed E-state index contributed by atoms with van der Waals surface area (Å²) in [5.74, 6) is 1.55. The summed E-state index contributed by atoms with van der Waals surface area (Å²) >= 11 is 7.46. The van der Waals surface area contributed by atoms with Crippen molar-refractivity contribution in [3.05, 3.63) is 87.2 Å². The zero-order valence-electron chi connectivity index (χ0n) is 21.0. The summed E-state index contributed by atoms with van der Waals surface area (Å²) in [5.41, 5.74) is 2.28. The number of carbonyl (C=O) groups excluding carboxylic acids is 1. The second-order valence-electron chi connectivity index (χ2n) is 8.66. The highest BCUT2D eigenvalue weighted by atomic mass is 35.5. The third-order valence-corrected chi connectivity index (χ3v) is 7.52. The van der Waals surface area contributed by atoms with Crippen molar-refractivity contribution in [3.8, 4) is 17.2 Å². The lowest BCUT2D eigenvalue weighted by molar-refractivity contribution is 0.0303. The molecule has 1 amide bonds. The number of fused-ring (bicyclic) bond motifs is 1. The number of amides is 1. The fraction of sp³-hybridized carbons (Fsp3) is 0.250. The number of thioether (sulfide) groups is 1. The molecule has 4 aromatic rings. The molecule has 0 saturated carbocycles. The number of nitrogens with zero attached hydrogens (tertiary/aromatic N) is 3. The highest BCUT2D eigenvalue weighted by Gasteiger charge is 2.21. The van der Waals surface area contributed by atoms with E-state index in [0.717, 1.165) is 5.56 Å². The summed E-state index contributed by atoms with van der Waals surface area (Å²) in [6.45, 7) is 2.09. The highest BCUT2D eigenvalue weighted by Crippen LogP contribution is 2.30. The van der Waals surface area contributed by atoms with Gasteiger partial charge >= 0.3 is 0 Å². The molecule has 1 saturated heterocycles. The fourth-order valence-corrected chi connectivity index (χ4v) is 5.32. The predicted octanol–water partition coefficient (Wildman–Crippen LogP) is 4.82. The molecular formula is C28H26ClN3O5S. The van der Waals surface area contributed by atoms with Gasteiger partial charge in [-0.05, 0) is 35.9 Å². The van der Waals surface area contributed by atoms with E-state index in [4.69, 9.17) is 30.8 Å². The fourth-order valence-electron chi connectivity index (χ4n) is 4.22. The lowest BCUT2D eigenvalue weighted by Crippen LogP contribution is -2.40. The number of hydrogen-bond acceptors (Lipinski definition) is 7. The number of rotatable bonds is 7. The Balaban J connectivity index is 1.62. The average molecular weight is 552 g/mol. The van der Waals surface area contributed by atoms with Gasteiger partial charge in [0, 0.05) is 47.6 Å². The molecule has 2 heterocycles. The van der Waals surface area contributed by atoms with Crippen LogP contribution in [-0.2, 0) is 10.5 Å². The Labute approximate surface area is 229 Å². The molecule has 3 aromatic carbocycles. The first-order valence-electron chi connectivity index (χ1n) is 12.0. The van der Waals surface area contributed by atoms with Gasteiger partial charge in [-0.3, -0.25) is 14.2 Å². The quantitative estimate of drug-likeness (QED) is 0.240. The summed E-state index contributed by atoms with van der Waals surface area (Å²) in [6, 6.07) is 17.8. The van der Waals surface area contributed by atoms with E-state index < -0.39 is 0 Å². The van der Waals surface area contributed by atoms with Crippen LogP contribution in [0.5, 0.6) is 11.5 Å². The first-order chi connectivity index (χ1) is 18.5. The smallest absolute Gasteiger partial charge is 0.266 e. The summed E-state index contributed by atoms with van der Waals surface area (Å²) in [7, 11) is 3.12. The van der Waals surface area contributed by atoms with Crippen molar-refractivity contribution in [1.82, 2.24) is 14.5 Å². The molecule has 0 radical (unpaired) electrons. The van der Waals surface area contributed by atoms with Crippen molar-refractivity contribution in [2.45, 2.75) is 10.9 Å². The maximum absolute atomic E-state index is 13.9. The molecule has 1 aliphatic heterocycles. The lowest BCUT2D eigenvalue weighted by Gasteiger charge is -2.26. The van der Waals surface area contributed by atoms with Gasteiger partial charge in [-0.25, -0.2) is 4.98 Å². The third-order valence-electron chi connectivity index (χ3n) is 6.26. The van der Waals surface area contributed by atoms with Crippen LogP contribution < -0.4 is 15.0 Å². The first kappa shape index (κ1) is 26.1. The number of ether oxygens (including phenoxy) is 3. The van der Waals surface area contributed by atoms with E-state index in [1.54, 1.807) is 60.1 Å². The largest absolute Gasteiger partial charge is 0.497 e. The first-order valence-corrected chi connectivity index (χ1v) is 13.4. The molecule has 10 heteroatoms. The second-order valence-corrected chi connectivity index (χ2v) is 10.0. The molecule has 1 aromatic heterocycles. The normalized spacial score (nSPS) is 13.5. The Hall–Kier alpha value is -3.53. The van der Waals surface area contributed by atoms with Crippen LogP contribution in [0.1, 0.15) is 15.9 Å². The van der Waals surface area contributed by atoms with Gasteiger partial charge in [0.25, 0.3) is 11.5 Å². The van der Waals surface area contributed by atoms with E-state index >= 15 is 0 Å². The van der Waals surface area contributed by atoms with Crippen molar-refractivity contribution in [1.29, 1.82) is 0 Å². The van der Waals surface area contributed by atoms with Gasteiger partial charge in [-0.15, -0.1) is 0 Å². The number of methoxy groups -OCH3 is 2. The average Bonchev–Trinajstić information content (AvgIpc) is 2.96. The molecule has 0 N–H and O–H groups in total. The Kier molecular flexibility index (Phi) is 7.87. The van der Waals surface area contributed by atoms with E-state index in [1.165, 1.54) is 11.8 Å². The number of aromatic nitrogens is 2. The monoisotopic (exact) mass is 551 g/mol. The van der Waals surface area contributed by atoms with Crippen LogP contribution in [-0.4, -0.2) is 60.9 Å². The van der Waals surface area contributed by atoms with Crippen molar-refractivity contribution < 1.29 is 19.0 Å². The Morgan fingerprint density at radius 1 is 1.00 bits per heavy atom. The SMILES string of the molecule is COc1cc(OC)cc(-n2c(SCc3ccc(Cl)cc3)nc3cc(C(=O)N4CCOCC4)ccc3c2=O)c1. The van der Waals surface area contributed by atoms with E-state index in [9.17, 15) is 9.59 Å². The van der Waals surface area contributed by atoms with Gasteiger partial charge in [-0.1, -0.05) is 35.5 Å². The minimum absolute atomic E-state index is 0.103. The van der Waals surface area contributed by atoms with Gasteiger partial charge in [0.05, 0.1) is 44.0 Å². The molecule has 1 fully saturated rings. The zero-order valence-corrected chi connectivity index (χ0v) is 22.6. The van der Waals surface area contributed by atoms with E-state index in [-0.39, 0.29) is 11.5 Å². The third kappa shape index (κ3) is 5.50. The molecular weight excluding hydrogens is 526 g/mol. The number of hydrogen-bond donors (Lipinski definition) is 0. The van der Waals surface area contributed by atoms with Crippen LogP contribution in [0.4, 0.5) is 0 Å². The number of carbonyl (C=O) groups is 1. The Bertz CT molecular complexity index is 1510. The minimum atomic E-state index is -0.255. The summed E-state index contributed by atoms with van der Waals surface area (Å²) < 4.78 is 17.8. The van der Waals surface area contributed by atoms with Crippen molar-refractivity contribution in [3.63, 3.8) is 0 Å². The Morgan fingerprint density at radius 3 is 2.34 bits per heavy atom. The molecule has 196 valence electrons. The van der Waals surface area contributed by atoms with Crippen LogP contribution >= 0.6 is 23.4 Å². The molecule has 1 aliphatic rings. The summed E-state index contributed by atoms with van der Waals surface area (Å²) in [6.07, 6.45) is 0. The van der Waals surface area contributed by atoms with Gasteiger partial charge in [0.15, 0.2) is 5.16 Å². The molecule has 5 rings (SSSR count). The number of benzene rings is 3. The zero-order chi connectivity index (χ0) is 26.6. The van der Waals surface area contributed by atoms with E-state index in [1.807, 2.05) is 24.3 Å². The van der Waals surface area contributed by atoms with Gasteiger partial charge in [-0.2, -0.15) is 0 Å². The summed E-state index contributed by atoms with van der Waals surface area (Å²) in [4.78, 5) is 33.6. The van der Waals surface area contributed by atoms with Crippen LogP contribution in [0, 0.1) is 0 Å². The predicted molar refractivity (Wildman–Crippen MR) is 148 cm³/mol.